The lowest BCUT2D eigenvalue weighted by atomic mass is 9.94. The topological polar surface area (TPSA) is 110 Å². The summed E-state index contributed by atoms with van der Waals surface area (Å²) in [6.07, 6.45) is 5.56. The first kappa shape index (κ1) is 25.8. The van der Waals surface area contributed by atoms with E-state index in [1.165, 1.54) is 23.1 Å². The van der Waals surface area contributed by atoms with E-state index >= 15 is 0 Å². The standard InChI is InChI=1S/C26H28N4O4S2/c1-3-34-22(31)15-20-24(35-21-10-6-7-13-27-21)36-26(29-20)30-25(33)28-19-12-11-16(2)14-18(19)23(32)17-8-4-5-9-17/h6-7,10-14,17H,3-5,8-9,15H2,1-2H3,(H2,28,29,30,33). The molecule has 0 spiro atoms. The molecule has 2 amide bonds. The van der Waals surface area contributed by atoms with E-state index in [0.29, 0.717) is 22.1 Å². The van der Waals surface area contributed by atoms with Crippen LogP contribution in [0.25, 0.3) is 0 Å². The summed E-state index contributed by atoms with van der Waals surface area (Å²) in [6, 6.07) is 10.5. The van der Waals surface area contributed by atoms with Gasteiger partial charge in [0.05, 0.1) is 28.6 Å². The van der Waals surface area contributed by atoms with Crippen molar-refractivity contribution in [2.24, 2.45) is 5.92 Å². The Morgan fingerprint density at radius 2 is 1.94 bits per heavy atom. The number of thiazole rings is 1. The molecule has 0 bridgehead atoms. The van der Waals surface area contributed by atoms with E-state index in [9.17, 15) is 14.4 Å². The van der Waals surface area contributed by atoms with E-state index in [4.69, 9.17) is 4.74 Å². The van der Waals surface area contributed by atoms with Crippen LogP contribution in [-0.2, 0) is 16.0 Å². The molecule has 0 radical (unpaired) electrons. The number of nitrogens with zero attached hydrogens (tertiary/aromatic N) is 2. The number of amides is 2. The fourth-order valence-corrected chi connectivity index (χ4v) is 6.12. The van der Waals surface area contributed by atoms with Crippen LogP contribution < -0.4 is 10.6 Å². The van der Waals surface area contributed by atoms with Crippen molar-refractivity contribution in [3.8, 4) is 0 Å². The number of carbonyl (C=O) groups excluding carboxylic acids is 3. The number of nitrogens with one attached hydrogen (secondary N) is 2. The third kappa shape index (κ3) is 6.70. The van der Waals surface area contributed by atoms with E-state index < -0.39 is 12.0 Å². The maximum absolute atomic E-state index is 13.1. The number of Topliss-reactive ketones (excluding diaryl/α,β-unsaturated/α-hetero) is 1. The number of urea groups is 1. The van der Waals surface area contributed by atoms with Gasteiger partial charge in [-0.1, -0.05) is 53.6 Å². The predicted octanol–water partition coefficient (Wildman–Crippen LogP) is 6.12. The fraction of sp³-hybridized carbons (Fsp3) is 0.346. The number of benzene rings is 1. The van der Waals surface area contributed by atoms with Crippen molar-refractivity contribution in [1.82, 2.24) is 9.97 Å². The van der Waals surface area contributed by atoms with Crippen LogP contribution in [-0.4, -0.2) is 34.4 Å². The van der Waals surface area contributed by atoms with Crippen LogP contribution in [0.4, 0.5) is 15.6 Å². The zero-order valence-electron chi connectivity index (χ0n) is 20.2. The van der Waals surface area contributed by atoms with Gasteiger partial charge < -0.3 is 10.1 Å². The molecule has 188 valence electrons. The van der Waals surface area contributed by atoms with Crippen LogP contribution in [0.5, 0.6) is 0 Å². The van der Waals surface area contributed by atoms with Crippen LogP contribution in [0.2, 0.25) is 0 Å². The second-order valence-electron chi connectivity index (χ2n) is 8.48. The van der Waals surface area contributed by atoms with Crippen molar-refractivity contribution in [1.29, 1.82) is 0 Å². The van der Waals surface area contributed by atoms with Crippen molar-refractivity contribution in [3.05, 3.63) is 59.4 Å². The van der Waals surface area contributed by atoms with Crippen molar-refractivity contribution < 1.29 is 19.1 Å². The van der Waals surface area contributed by atoms with Crippen LogP contribution in [0.3, 0.4) is 0 Å². The number of aromatic nitrogens is 2. The monoisotopic (exact) mass is 524 g/mol. The Labute approximate surface area is 218 Å². The third-order valence-corrected chi connectivity index (χ3v) is 7.93. The SMILES string of the molecule is CCOC(=O)Cc1nc(NC(=O)Nc2ccc(C)cc2C(=O)C2CCCC2)sc1Sc1ccccn1. The minimum absolute atomic E-state index is 0.00554. The second kappa shape index (κ2) is 12.1. The summed E-state index contributed by atoms with van der Waals surface area (Å²) in [5, 5.41) is 6.65. The molecular formula is C26H28N4O4S2. The van der Waals surface area contributed by atoms with Gasteiger partial charge in [0.1, 0.15) is 5.03 Å². The van der Waals surface area contributed by atoms with E-state index in [2.05, 4.69) is 20.6 Å². The Kier molecular flexibility index (Phi) is 8.71. The highest BCUT2D eigenvalue weighted by molar-refractivity contribution is 8.01. The van der Waals surface area contributed by atoms with Crippen molar-refractivity contribution in [2.75, 3.05) is 17.2 Å². The van der Waals surface area contributed by atoms with Crippen LogP contribution in [0, 0.1) is 12.8 Å². The highest BCUT2D eigenvalue weighted by Gasteiger charge is 2.26. The number of carbonyl (C=O) groups is 3. The van der Waals surface area contributed by atoms with Gasteiger partial charge in [0, 0.05) is 17.7 Å². The van der Waals surface area contributed by atoms with Gasteiger partial charge in [-0.15, -0.1) is 0 Å². The highest BCUT2D eigenvalue weighted by atomic mass is 32.2. The molecule has 36 heavy (non-hydrogen) atoms. The zero-order valence-corrected chi connectivity index (χ0v) is 21.8. The molecule has 0 atom stereocenters. The number of anilines is 2. The van der Waals surface area contributed by atoms with E-state index in [-0.39, 0.29) is 24.7 Å². The van der Waals surface area contributed by atoms with Crippen molar-refractivity contribution in [3.63, 3.8) is 0 Å². The summed E-state index contributed by atoms with van der Waals surface area (Å²) < 4.78 is 5.82. The highest BCUT2D eigenvalue weighted by Crippen LogP contribution is 2.37. The number of rotatable bonds is 9. The Hall–Kier alpha value is -3.24. The average molecular weight is 525 g/mol. The number of hydrogen-bond donors (Lipinski definition) is 2. The number of aryl methyl sites for hydroxylation is 1. The van der Waals surface area contributed by atoms with Crippen molar-refractivity contribution in [2.45, 2.75) is 55.2 Å². The molecule has 2 heterocycles. The number of pyridine rings is 1. The lowest BCUT2D eigenvalue weighted by Crippen LogP contribution is -2.22. The zero-order chi connectivity index (χ0) is 25.5. The molecule has 10 heteroatoms. The third-order valence-electron chi connectivity index (χ3n) is 5.75. The molecular weight excluding hydrogens is 496 g/mol. The molecule has 1 saturated carbocycles. The minimum atomic E-state index is -0.509. The van der Waals surface area contributed by atoms with Crippen LogP contribution in [0.1, 0.15) is 54.2 Å². The Morgan fingerprint density at radius 1 is 1.14 bits per heavy atom. The molecule has 1 fully saturated rings. The predicted molar refractivity (Wildman–Crippen MR) is 141 cm³/mol. The normalized spacial score (nSPS) is 13.4. The van der Waals surface area contributed by atoms with E-state index in [1.807, 2.05) is 37.3 Å². The van der Waals surface area contributed by atoms with Gasteiger partial charge >= 0.3 is 12.0 Å². The first-order valence-corrected chi connectivity index (χ1v) is 13.5. The lowest BCUT2D eigenvalue weighted by Gasteiger charge is -2.14. The first-order valence-electron chi connectivity index (χ1n) is 11.9. The Bertz CT molecular complexity index is 1240. The smallest absolute Gasteiger partial charge is 0.325 e. The number of ether oxygens (including phenoxy) is 1. The summed E-state index contributed by atoms with van der Waals surface area (Å²) >= 11 is 2.62. The van der Waals surface area contributed by atoms with E-state index in [1.54, 1.807) is 19.2 Å². The minimum Gasteiger partial charge on any atom is -0.466 e. The lowest BCUT2D eigenvalue weighted by molar-refractivity contribution is -0.142. The fourth-order valence-electron chi connectivity index (χ4n) is 4.06. The maximum Gasteiger partial charge on any atom is 0.325 e. The first-order chi connectivity index (χ1) is 17.4. The maximum atomic E-state index is 13.1. The molecule has 1 aliphatic carbocycles. The largest absolute Gasteiger partial charge is 0.466 e. The molecule has 8 nitrogen and oxygen atoms in total. The average Bonchev–Trinajstić information content (AvgIpc) is 3.51. The van der Waals surface area contributed by atoms with Crippen LogP contribution in [0.15, 0.2) is 51.8 Å². The molecule has 0 unspecified atom stereocenters. The summed E-state index contributed by atoms with van der Waals surface area (Å²) in [5.41, 5.74) is 2.48. The summed E-state index contributed by atoms with van der Waals surface area (Å²) in [7, 11) is 0. The molecule has 2 N–H and O–H groups in total. The summed E-state index contributed by atoms with van der Waals surface area (Å²) in [4.78, 5) is 46.9. The van der Waals surface area contributed by atoms with Crippen molar-refractivity contribution >= 4 is 51.7 Å². The molecule has 0 aliphatic heterocycles. The molecule has 3 aromatic rings. The van der Waals surface area contributed by atoms with Gasteiger partial charge in [-0.25, -0.2) is 14.8 Å². The molecule has 4 rings (SSSR count). The Morgan fingerprint density at radius 3 is 2.67 bits per heavy atom. The van der Waals surface area contributed by atoms with Gasteiger partial charge in [0.25, 0.3) is 0 Å². The molecule has 0 saturated heterocycles. The summed E-state index contributed by atoms with van der Waals surface area (Å²) in [6.45, 7) is 3.95. The van der Waals surface area contributed by atoms with Gasteiger partial charge in [-0.05, 0) is 51.0 Å². The second-order valence-corrected chi connectivity index (χ2v) is 10.8. The van der Waals surface area contributed by atoms with Gasteiger partial charge in [0.15, 0.2) is 10.9 Å². The van der Waals surface area contributed by atoms with Gasteiger partial charge in [-0.3, -0.25) is 14.9 Å². The number of hydrogen-bond acceptors (Lipinski definition) is 8. The number of esters is 1. The number of ketones is 1. The molecule has 1 aromatic carbocycles. The summed E-state index contributed by atoms with van der Waals surface area (Å²) in [5.74, 6) is -0.311. The molecule has 1 aliphatic rings. The van der Waals surface area contributed by atoms with Gasteiger partial charge in [0.2, 0.25) is 0 Å². The Balaban J connectivity index is 1.51. The molecule has 2 aromatic heterocycles. The van der Waals surface area contributed by atoms with E-state index in [0.717, 1.165) is 40.5 Å². The quantitative estimate of drug-likeness (QED) is 0.256. The van der Waals surface area contributed by atoms with Crippen LogP contribution >= 0.6 is 23.1 Å². The van der Waals surface area contributed by atoms with Gasteiger partial charge in [-0.2, -0.15) is 0 Å².